The number of hydrogen-bond donors (Lipinski definition) is 1. The van der Waals surface area contributed by atoms with Gasteiger partial charge in [0.2, 0.25) is 5.88 Å². The van der Waals surface area contributed by atoms with Gasteiger partial charge in [-0.25, -0.2) is 4.79 Å². The molecular weight excluding hydrogens is 334 g/mol. The normalized spacial score (nSPS) is 19.8. The SMILES string of the molecule is CCOC(=O)C1=C(N)OC2=C(C(=O)CCC2)[C@H]1c1ccc(OCC)cc1. The van der Waals surface area contributed by atoms with E-state index in [2.05, 4.69) is 0 Å². The van der Waals surface area contributed by atoms with Gasteiger partial charge in [-0.15, -0.1) is 0 Å². The molecule has 3 rings (SSSR count). The molecule has 0 spiro atoms. The van der Waals surface area contributed by atoms with Crippen LogP contribution in [0.4, 0.5) is 0 Å². The molecule has 1 heterocycles. The molecule has 2 aliphatic rings. The van der Waals surface area contributed by atoms with E-state index in [-0.39, 0.29) is 23.8 Å². The predicted octanol–water partition coefficient (Wildman–Crippen LogP) is 2.94. The second-order valence-electron chi connectivity index (χ2n) is 6.15. The zero-order valence-corrected chi connectivity index (χ0v) is 15.0. The molecular formula is C20H23NO5. The molecule has 138 valence electrons. The number of Topliss-reactive ketones (excluding diaryl/α,β-unsaturated/α-hetero) is 1. The lowest BCUT2D eigenvalue weighted by Crippen LogP contribution is -2.31. The van der Waals surface area contributed by atoms with Gasteiger partial charge in [-0.3, -0.25) is 4.79 Å². The lowest BCUT2D eigenvalue weighted by molar-refractivity contribution is -0.139. The Hall–Kier alpha value is -2.76. The third-order valence-corrected chi connectivity index (χ3v) is 4.50. The monoisotopic (exact) mass is 357 g/mol. The first kappa shape index (κ1) is 18.0. The van der Waals surface area contributed by atoms with Crippen LogP contribution in [0.2, 0.25) is 0 Å². The summed E-state index contributed by atoms with van der Waals surface area (Å²) in [6.45, 7) is 4.41. The van der Waals surface area contributed by atoms with Crippen LogP contribution in [0.1, 0.15) is 44.6 Å². The highest BCUT2D eigenvalue weighted by Gasteiger charge is 2.41. The van der Waals surface area contributed by atoms with Crippen LogP contribution in [0, 0.1) is 0 Å². The Morgan fingerprint density at radius 1 is 1.19 bits per heavy atom. The maximum atomic E-state index is 12.6. The van der Waals surface area contributed by atoms with E-state index in [0.717, 1.165) is 17.7 Å². The van der Waals surface area contributed by atoms with E-state index in [0.29, 0.717) is 30.8 Å². The maximum absolute atomic E-state index is 12.6. The molecule has 0 saturated carbocycles. The van der Waals surface area contributed by atoms with Crippen LogP contribution in [0.25, 0.3) is 0 Å². The van der Waals surface area contributed by atoms with Crippen LogP contribution < -0.4 is 10.5 Å². The fourth-order valence-corrected chi connectivity index (χ4v) is 3.42. The second kappa shape index (κ2) is 7.64. The van der Waals surface area contributed by atoms with Crippen molar-refractivity contribution in [2.75, 3.05) is 13.2 Å². The third kappa shape index (κ3) is 3.31. The molecule has 1 aromatic carbocycles. The zero-order valence-electron chi connectivity index (χ0n) is 15.0. The van der Waals surface area contributed by atoms with Crippen LogP contribution >= 0.6 is 0 Å². The molecule has 1 aliphatic carbocycles. The number of allylic oxidation sites excluding steroid dienone is 2. The van der Waals surface area contributed by atoms with Crippen molar-refractivity contribution in [3.8, 4) is 5.75 Å². The van der Waals surface area contributed by atoms with Gasteiger partial charge in [0.25, 0.3) is 0 Å². The van der Waals surface area contributed by atoms with Crippen molar-refractivity contribution in [3.63, 3.8) is 0 Å². The molecule has 0 aromatic heterocycles. The molecule has 0 bridgehead atoms. The lowest BCUT2D eigenvalue weighted by atomic mass is 9.77. The first-order valence-electron chi connectivity index (χ1n) is 8.90. The third-order valence-electron chi connectivity index (χ3n) is 4.50. The van der Waals surface area contributed by atoms with E-state index in [9.17, 15) is 9.59 Å². The molecule has 0 radical (unpaired) electrons. The Morgan fingerprint density at radius 3 is 2.58 bits per heavy atom. The highest BCUT2D eigenvalue weighted by molar-refractivity contribution is 6.03. The summed E-state index contributed by atoms with van der Waals surface area (Å²) in [7, 11) is 0. The Kier molecular flexibility index (Phi) is 5.30. The van der Waals surface area contributed by atoms with Gasteiger partial charge in [-0.05, 0) is 38.0 Å². The topological polar surface area (TPSA) is 87.9 Å². The predicted molar refractivity (Wildman–Crippen MR) is 95.2 cm³/mol. The van der Waals surface area contributed by atoms with Crippen molar-refractivity contribution >= 4 is 11.8 Å². The average Bonchev–Trinajstić information content (AvgIpc) is 2.62. The van der Waals surface area contributed by atoms with Gasteiger partial charge in [-0.1, -0.05) is 12.1 Å². The summed E-state index contributed by atoms with van der Waals surface area (Å²) in [4.78, 5) is 25.2. The van der Waals surface area contributed by atoms with Gasteiger partial charge in [0.15, 0.2) is 5.78 Å². The quantitative estimate of drug-likeness (QED) is 0.815. The maximum Gasteiger partial charge on any atom is 0.340 e. The zero-order chi connectivity index (χ0) is 18.7. The summed E-state index contributed by atoms with van der Waals surface area (Å²) < 4.78 is 16.3. The Bertz CT molecular complexity index is 776. The summed E-state index contributed by atoms with van der Waals surface area (Å²) in [5.41, 5.74) is 7.53. The highest BCUT2D eigenvalue weighted by atomic mass is 16.5. The van der Waals surface area contributed by atoms with Gasteiger partial charge >= 0.3 is 5.97 Å². The van der Waals surface area contributed by atoms with Crippen molar-refractivity contribution in [2.24, 2.45) is 5.73 Å². The van der Waals surface area contributed by atoms with Crippen LogP contribution in [0.15, 0.2) is 47.1 Å². The van der Waals surface area contributed by atoms with Crippen molar-refractivity contribution < 1.29 is 23.8 Å². The summed E-state index contributed by atoms with van der Waals surface area (Å²) in [6.07, 6.45) is 1.78. The first-order chi connectivity index (χ1) is 12.6. The first-order valence-corrected chi connectivity index (χ1v) is 8.90. The number of hydrogen-bond acceptors (Lipinski definition) is 6. The number of carbonyl (C=O) groups is 2. The van der Waals surface area contributed by atoms with E-state index in [1.54, 1.807) is 6.92 Å². The molecule has 2 N–H and O–H groups in total. The van der Waals surface area contributed by atoms with Crippen molar-refractivity contribution in [1.29, 1.82) is 0 Å². The fourth-order valence-electron chi connectivity index (χ4n) is 3.42. The number of carbonyl (C=O) groups excluding carboxylic acids is 2. The van der Waals surface area contributed by atoms with Gasteiger partial charge in [0.05, 0.1) is 19.1 Å². The van der Waals surface area contributed by atoms with E-state index in [1.165, 1.54) is 0 Å². The smallest absolute Gasteiger partial charge is 0.340 e. The number of nitrogens with two attached hydrogens (primary N) is 1. The second-order valence-corrected chi connectivity index (χ2v) is 6.15. The number of ether oxygens (including phenoxy) is 3. The Morgan fingerprint density at radius 2 is 1.92 bits per heavy atom. The summed E-state index contributed by atoms with van der Waals surface area (Å²) in [6, 6.07) is 7.33. The Balaban J connectivity index is 2.09. The van der Waals surface area contributed by atoms with Gasteiger partial charge in [0, 0.05) is 18.4 Å². The number of benzene rings is 1. The van der Waals surface area contributed by atoms with Crippen molar-refractivity contribution in [1.82, 2.24) is 0 Å². The number of rotatable bonds is 5. The molecule has 0 unspecified atom stereocenters. The fraction of sp³-hybridized carbons (Fsp3) is 0.400. The van der Waals surface area contributed by atoms with Gasteiger partial charge < -0.3 is 19.9 Å². The molecule has 1 aliphatic heterocycles. The van der Waals surface area contributed by atoms with Crippen LogP contribution in [0.5, 0.6) is 5.75 Å². The molecule has 1 aromatic rings. The van der Waals surface area contributed by atoms with Crippen molar-refractivity contribution in [3.05, 3.63) is 52.6 Å². The summed E-state index contributed by atoms with van der Waals surface area (Å²) in [5, 5.41) is 0. The number of esters is 1. The standard InChI is InChI=1S/C20H23NO5/c1-3-24-13-10-8-12(9-11-13)16-17-14(22)6-5-7-15(17)26-19(21)18(16)20(23)25-4-2/h8-11,16H,3-7,21H2,1-2H3/t16-/m1/s1. The summed E-state index contributed by atoms with van der Waals surface area (Å²) >= 11 is 0. The molecule has 0 fully saturated rings. The molecule has 6 heteroatoms. The molecule has 0 amide bonds. The van der Waals surface area contributed by atoms with Crippen molar-refractivity contribution in [2.45, 2.75) is 39.0 Å². The minimum atomic E-state index is -0.582. The van der Waals surface area contributed by atoms with Gasteiger partial charge in [-0.2, -0.15) is 0 Å². The number of ketones is 1. The van der Waals surface area contributed by atoms with E-state index in [1.807, 2.05) is 31.2 Å². The van der Waals surface area contributed by atoms with Gasteiger partial charge in [0.1, 0.15) is 17.1 Å². The molecule has 26 heavy (non-hydrogen) atoms. The summed E-state index contributed by atoms with van der Waals surface area (Å²) in [5.74, 6) is 0.137. The van der Waals surface area contributed by atoms with Crippen LogP contribution in [-0.2, 0) is 19.1 Å². The Labute approximate surface area is 152 Å². The molecule has 6 nitrogen and oxygen atoms in total. The minimum Gasteiger partial charge on any atom is -0.494 e. The van der Waals surface area contributed by atoms with Crippen LogP contribution in [-0.4, -0.2) is 25.0 Å². The van der Waals surface area contributed by atoms with E-state index >= 15 is 0 Å². The molecule has 1 atom stereocenters. The van der Waals surface area contributed by atoms with Crippen LogP contribution in [0.3, 0.4) is 0 Å². The molecule has 0 saturated heterocycles. The minimum absolute atomic E-state index is 0.00999. The van der Waals surface area contributed by atoms with E-state index in [4.69, 9.17) is 19.9 Å². The average molecular weight is 357 g/mol. The van der Waals surface area contributed by atoms with E-state index < -0.39 is 11.9 Å². The largest absolute Gasteiger partial charge is 0.494 e. The highest BCUT2D eigenvalue weighted by Crippen LogP contribution is 2.44. The lowest BCUT2D eigenvalue weighted by Gasteiger charge is -2.32.